The van der Waals surface area contributed by atoms with Gasteiger partial charge < -0.3 is 9.80 Å². The van der Waals surface area contributed by atoms with Crippen LogP contribution in [0.4, 0.5) is 11.4 Å². The Bertz CT molecular complexity index is 1050. The van der Waals surface area contributed by atoms with Crippen molar-refractivity contribution in [1.29, 1.82) is 0 Å². The van der Waals surface area contributed by atoms with E-state index < -0.39 is 16.1 Å². The molecule has 1 fully saturated rings. The van der Waals surface area contributed by atoms with Crippen molar-refractivity contribution in [2.75, 3.05) is 41.6 Å². The van der Waals surface area contributed by atoms with E-state index in [4.69, 9.17) is 23.2 Å². The quantitative estimate of drug-likeness (QED) is 0.617. The van der Waals surface area contributed by atoms with Crippen LogP contribution in [0.5, 0.6) is 0 Å². The Morgan fingerprint density at radius 2 is 1.71 bits per heavy atom. The predicted molar refractivity (Wildman–Crippen MR) is 128 cm³/mol. The Balaban J connectivity index is 1.79. The zero-order valence-electron chi connectivity index (χ0n) is 17.9. The van der Waals surface area contributed by atoms with Crippen LogP contribution in [0.2, 0.25) is 10.0 Å². The molecule has 1 aliphatic rings. The number of halogens is 2. The summed E-state index contributed by atoms with van der Waals surface area (Å²) < 4.78 is 26.4. The van der Waals surface area contributed by atoms with E-state index in [-0.39, 0.29) is 5.91 Å². The molecular formula is C22H27Cl2N3O3S. The Labute approximate surface area is 194 Å². The van der Waals surface area contributed by atoms with Crippen LogP contribution < -0.4 is 9.21 Å². The number of sulfonamides is 1. The van der Waals surface area contributed by atoms with Crippen molar-refractivity contribution in [1.82, 2.24) is 4.90 Å². The predicted octanol–water partition coefficient (Wildman–Crippen LogP) is 4.20. The summed E-state index contributed by atoms with van der Waals surface area (Å²) in [6, 6.07) is 11.5. The molecule has 0 N–H and O–H groups in total. The molecule has 1 saturated heterocycles. The van der Waals surface area contributed by atoms with E-state index in [9.17, 15) is 13.2 Å². The van der Waals surface area contributed by atoms with Crippen molar-refractivity contribution in [3.8, 4) is 0 Å². The van der Waals surface area contributed by atoms with Crippen LogP contribution in [0.3, 0.4) is 0 Å². The molecule has 0 saturated carbocycles. The third kappa shape index (κ3) is 5.45. The molecule has 0 bridgehead atoms. The van der Waals surface area contributed by atoms with Gasteiger partial charge in [-0.25, -0.2) is 8.42 Å². The molecule has 0 aromatic heterocycles. The van der Waals surface area contributed by atoms with Gasteiger partial charge in [0.1, 0.15) is 6.04 Å². The molecule has 1 amide bonds. The van der Waals surface area contributed by atoms with Gasteiger partial charge in [0, 0.05) is 41.9 Å². The maximum absolute atomic E-state index is 13.4. The number of benzene rings is 2. The van der Waals surface area contributed by atoms with Crippen molar-refractivity contribution in [3.05, 3.63) is 58.1 Å². The van der Waals surface area contributed by atoms with Gasteiger partial charge in [-0.2, -0.15) is 0 Å². The van der Waals surface area contributed by atoms with Crippen molar-refractivity contribution in [2.45, 2.75) is 26.3 Å². The Morgan fingerprint density at radius 3 is 2.29 bits per heavy atom. The number of rotatable bonds is 6. The lowest BCUT2D eigenvalue weighted by Crippen LogP contribution is -2.56. The average Bonchev–Trinajstić information content (AvgIpc) is 2.72. The fraction of sp³-hybridized carbons (Fsp3) is 0.409. The third-order valence-corrected chi connectivity index (χ3v) is 7.13. The maximum atomic E-state index is 13.4. The van der Waals surface area contributed by atoms with Gasteiger partial charge in [-0.1, -0.05) is 42.3 Å². The van der Waals surface area contributed by atoms with Gasteiger partial charge in [0.25, 0.3) is 0 Å². The lowest BCUT2D eigenvalue weighted by Gasteiger charge is -2.40. The Hall–Kier alpha value is -1.96. The number of anilines is 2. The molecule has 1 atom stereocenters. The SMILES string of the molecule is CCC(C(=O)N1CCN(c2cc(Cl)ccc2C)CC1)N(c1cccc(Cl)c1)S(C)(=O)=O. The van der Waals surface area contributed by atoms with Crippen LogP contribution in [-0.4, -0.2) is 57.7 Å². The summed E-state index contributed by atoms with van der Waals surface area (Å²) in [7, 11) is -3.69. The van der Waals surface area contributed by atoms with E-state index in [0.29, 0.717) is 48.3 Å². The minimum absolute atomic E-state index is 0.199. The topological polar surface area (TPSA) is 60.9 Å². The summed E-state index contributed by atoms with van der Waals surface area (Å²) >= 11 is 12.2. The second-order valence-corrected chi connectivity index (χ2v) is 10.4. The van der Waals surface area contributed by atoms with Crippen LogP contribution in [0.15, 0.2) is 42.5 Å². The van der Waals surface area contributed by atoms with E-state index >= 15 is 0 Å². The second-order valence-electron chi connectivity index (χ2n) is 7.71. The molecule has 2 aromatic rings. The molecule has 31 heavy (non-hydrogen) atoms. The number of piperazine rings is 1. The summed E-state index contributed by atoms with van der Waals surface area (Å²) in [5.74, 6) is -0.199. The van der Waals surface area contributed by atoms with Crippen molar-refractivity contribution < 1.29 is 13.2 Å². The number of hydrogen-bond donors (Lipinski definition) is 0. The molecular weight excluding hydrogens is 457 g/mol. The van der Waals surface area contributed by atoms with E-state index in [1.54, 1.807) is 29.2 Å². The molecule has 3 rings (SSSR count). The molecule has 1 unspecified atom stereocenters. The molecule has 1 aliphatic heterocycles. The number of carbonyl (C=O) groups is 1. The van der Waals surface area contributed by atoms with Gasteiger partial charge in [0.05, 0.1) is 11.9 Å². The molecule has 1 heterocycles. The number of hydrogen-bond acceptors (Lipinski definition) is 4. The zero-order valence-corrected chi connectivity index (χ0v) is 20.2. The van der Waals surface area contributed by atoms with Crippen LogP contribution in [0.25, 0.3) is 0 Å². The van der Waals surface area contributed by atoms with E-state index in [2.05, 4.69) is 4.90 Å². The smallest absolute Gasteiger partial charge is 0.246 e. The first-order chi connectivity index (χ1) is 14.6. The Morgan fingerprint density at radius 1 is 1.06 bits per heavy atom. The first kappa shape index (κ1) is 23.7. The molecule has 0 aliphatic carbocycles. The van der Waals surface area contributed by atoms with Crippen LogP contribution in [0.1, 0.15) is 18.9 Å². The highest BCUT2D eigenvalue weighted by molar-refractivity contribution is 7.92. The van der Waals surface area contributed by atoms with Gasteiger partial charge in [-0.15, -0.1) is 0 Å². The first-order valence-electron chi connectivity index (χ1n) is 10.2. The molecule has 6 nitrogen and oxygen atoms in total. The van der Waals surface area contributed by atoms with E-state index in [1.807, 2.05) is 32.0 Å². The van der Waals surface area contributed by atoms with Gasteiger partial charge >= 0.3 is 0 Å². The van der Waals surface area contributed by atoms with Crippen LogP contribution >= 0.6 is 23.2 Å². The monoisotopic (exact) mass is 483 g/mol. The third-order valence-electron chi connectivity index (χ3n) is 5.48. The van der Waals surface area contributed by atoms with Crippen LogP contribution in [0, 0.1) is 6.92 Å². The highest BCUT2D eigenvalue weighted by atomic mass is 35.5. The maximum Gasteiger partial charge on any atom is 0.246 e. The summed E-state index contributed by atoms with van der Waals surface area (Å²) in [5.41, 5.74) is 2.58. The van der Waals surface area contributed by atoms with Crippen molar-refractivity contribution in [3.63, 3.8) is 0 Å². The number of amides is 1. The summed E-state index contributed by atoms with van der Waals surface area (Å²) in [6.45, 7) is 6.17. The number of aryl methyl sites for hydroxylation is 1. The van der Waals surface area contributed by atoms with E-state index in [0.717, 1.165) is 17.5 Å². The number of carbonyl (C=O) groups excluding carboxylic acids is 1. The van der Waals surface area contributed by atoms with Gasteiger partial charge in [0.2, 0.25) is 15.9 Å². The highest BCUT2D eigenvalue weighted by Gasteiger charge is 2.35. The largest absolute Gasteiger partial charge is 0.368 e. The summed E-state index contributed by atoms with van der Waals surface area (Å²) in [5, 5.41) is 1.09. The standard InChI is InChI=1S/C22H27Cl2N3O3S/c1-4-20(27(31(3,29)30)19-7-5-6-17(23)14-19)22(28)26-12-10-25(11-13-26)21-15-18(24)9-8-16(21)2/h5-9,14-15,20H,4,10-13H2,1-3H3. The molecule has 168 valence electrons. The fourth-order valence-corrected chi connectivity index (χ4v) is 5.51. The lowest BCUT2D eigenvalue weighted by molar-refractivity contribution is -0.132. The summed E-state index contributed by atoms with van der Waals surface area (Å²) in [4.78, 5) is 17.3. The van der Waals surface area contributed by atoms with E-state index in [1.165, 1.54) is 4.31 Å². The molecule has 0 radical (unpaired) electrons. The van der Waals surface area contributed by atoms with Crippen molar-refractivity contribution >= 4 is 50.5 Å². The molecule has 0 spiro atoms. The highest BCUT2D eigenvalue weighted by Crippen LogP contribution is 2.28. The molecule has 9 heteroatoms. The summed E-state index contributed by atoms with van der Waals surface area (Å²) in [6.07, 6.45) is 1.47. The fourth-order valence-electron chi connectivity index (χ4n) is 3.96. The van der Waals surface area contributed by atoms with Crippen LogP contribution in [-0.2, 0) is 14.8 Å². The normalized spacial score (nSPS) is 15.6. The van der Waals surface area contributed by atoms with Gasteiger partial charge in [-0.3, -0.25) is 9.10 Å². The van der Waals surface area contributed by atoms with Gasteiger partial charge in [0.15, 0.2) is 0 Å². The lowest BCUT2D eigenvalue weighted by atomic mass is 10.1. The van der Waals surface area contributed by atoms with Gasteiger partial charge in [-0.05, 0) is 49.2 Å². The minimum atomic E-state index is -3.69. The zero-order chi connectivity index (χ0) is 22.8. The molecule has 2 aromatic carbocycles. The number of nitrogens with zero attached hydrogens (tertiary/aromatic N) is 3. The second kappa shape index (κ2) is 9.67. The first-order valence-corrected chi connectivity index (χ1v) is 12.8. The van der Waals surface area contributed by atoms with Crippen molar-refractivity contribution in [2.24, 2.45) is 0 Å². The minimum Gasteiger partial charge on any atom is -0.368 e. The average molecular weight is 484 g/mol. The Kier molecular flexibility index (Phi) is 7.39.